The summed E-state index contributed by atoms with van der Waals surface area (Å²) >= 11 is 0. The van der Waals surface area contributed by atoms with Crippen molar-refractivity contribution < 1.29 is 29.5 Å². The molecule has 1 aromatic carbocycles. The Morgan fingerprint density at radius 3 is 2.45 bits per heavy atom. The van der Waals surface area contributed by atoms with E-state index in [0.717, 1.165) is 12.0 Å². The van der Waals surface area contributed by atoms with Gasteiger partial charge in [-0.3, -0.25) is 4.90 Å². The van der Waals surface area contributed by atoms with Crippen LogP contribution < -0.4 is 9.47 Å². The Hall–Kier alpha value is -1.64. The number of likely N-dealkylation sites (tertiary alicyclic amines) is 1. The number of hydrogen-bond donors (Lipinski definition) is 3. The van der Waals surface area contributed by atoms with Gasteiger partial charge in [-0.2, -0.15) is 0 Å². The van der Waals surface area contributed by atoms with Crippen LogP contribution in [-0.2, 0) is 11.2 Å². The molecule has 1 aliphatic carbocycles. The van der Waals surface area contributed by atoms with Crippen LogP contribution >= 0.6 is 0 Å². The first kappa shape index (κ1) is 26.0. The highest BCUT2D eigenvalue weighted by atomic mass is 16.5. The summed E-state index contributed by atoms with van der Waals surface area (Å²) < 4.78 is 16.4. The Morgan fingerprint density at radius 2 is 1.85 bits per heavy atom. The molecule has 1 heterocycles. The van der Waals surface area contributed by atoms with E-state index in [0.29, 0.717) is 43.9 Å². The number of piperidine rings is 1. The van der Waals surface area contributed by atoms with Crippen molar-refractivity contribution in [1.82, 2.24) is 4.90 Å². The first-order chi connectivity index (χ1) is 15.6. The van der Waals surface area contributed by atoms with E-state index < -0.39 is 29.3 Å². The van der Waals surface area contributed by atoms with Crippen LogP contribution in [0.4, 0.5) is 0 Å². The van der Waals surface area contributed by atoms with Gasteiger partial charge < -0.3 is 29.5 Å². The zero-order chi connectivity index (χ0) is 24.4. The van der Waals surface area contributed by atoms with Gasteiger partial charge in [0.15, 0.2) is 11.5 Å². The number of hydrogen-bond acceptors (Lipinski definition) is 7. The zero-order valence-electron chi connectivity index (χ0n) is 20.9. The summed E-state index contributed by atoms with van der Waals surface area (Å²) in [6.07, 6.45) is 3.09. The summed E-state index contributed by atoms with van der Waals surface area (Å²) in [5, 5.41) is 34.2. The Balaban J connectivity index is 1.90. The largest absolute Gasteiger partial charge is 0.493 e. The Morgan fingerprint density at radius 1 is 1.15 bits per heavy atom. The third-order valence-corrected chi connectivity index (χ3v) is 7.54. The van der Waals surface area contributed by atoms with Gasteiger partial charge in [0.2, 0.25) is 0 Å². The highest BCUT2D eigenvalue weighted by molar-refractivity contribution is 5.43. The van der Waals surface area contributed by atoms with Crippen LogP contribution in [0.2, 0.25) is 0 Å². The average Bonchev–Trinajstić information content (AvgIpc) is 2.77. The molecule has 2 fully saturated rings. The molecule has 1 aromatic rings. The summed E-state index contributed by atoms with van der Waals surface area (Å²) in [6.45, 7) is 6.98. The highest BCUT2D eigenvalue weighted by Crippen LogP contribution is 2.49. The van der Waals surface area contributed by atoms with Crippen molar-refractivity contribution in [1.29, 1.82) is 0 Å². The third-order valence-electron chi connectivity index (χ3n) is 7.54. The van der Waals surface area contributed by atoms with Gasteiger partial charge >= 0.3 is 0 Å². The second-order valence-electron chi connectivity index (χ2n) is 10.1. The van der Waals surface area contributed by atoms with Gasteiger partial charge in [-0.25, -0.2) is 0 Å². The van der Waals surface area contributed by atoms with E-state index in [-0.39, 0.29) is 6.04 Å². The summed E-state index contributed by atoms with van der Waals surface area (Å²) in [5.74, 6) is 0.795. The standard InChI is InChI=1S/C26H41NO6/c1-17(2)7-10-22-25(3,29)24-23(33-6)19(28)11-13-26(24,30)16-27(22)14-12-18-8-9-20(31-4)21(15-18)32-5/h7-9,15,19,22-24,28-30H,10-14,16H2,1-6H3/t19-,22+,23-,24-,25+,26+/m1/s1. The molecule has 7 nitrogen and oxygen atoms in total. The minimum atomic E-state index is -1.25. The molecule has 0 unspecified atom stereocenters. The van der Waals surface area contributed by atoms with Crippen LogP contribution in [0, 0.1) is 5.92 Å². The van der Waals surface area contributed by atoms with Crippen molar-refractivity contribution in [3.8, 4) is 11.5 Å². The van der Waals surface area contributed by atoms with Gasteiger partial charge in [-0.1, -0.05) is 17.7 Å². The van der Waals surface area contributed by atoms with Crippen LogP contribution in [0.25, 0.3) is 0 Å². The fraction of sp³-hybridized carbons (Fsp3) is 0.692. The lowest BCUT2D eigenvalue weighted by Crippen LogP contribution is -2.75. The first-order valence-corrected chi connectivity index (χ1v) is 11.8. The molecular weight excluding hydrogens is 422 g/mol. The van der Waals surface area contributed by atoms with Crippen molar-refractivity contribution >= 4 is 0 Å². The zero-order valence-corrected chi connectivity index (χ0v) is 20.9. The van der Waals surface area contributed by atoms with Gasteiger partial charge in [0.1, 0.15) is 0 Å². The van der Waals surface area contributed by atoms with Crippen LogP contribution in [0.15, 0.2) is 29.8 Å². The minimum absolute atomic E-state index is 0.222. The van der Waals surface area contributed by atoms with E-state index in [1.807, 2.05) is 32.0 Å². The van der Waals surface area contributed by atoms with Gasteiger partial charge in [-0.15, -0.1) is 0 Å². The number of aliphatic hydroxyl groups excluding tert-OH is 1. The quantitative estimate of drug-likeness (QED) is 0.511. The molecule has 186 valence electrons. The SMILES string of the molecule is COc1ccc(CCN2C[C@@]3(O)CC[C@@H](O)[C@@H](OC)[C@@H]3[C@@](C)(O)[C@@H]2CC=C(C)C)cc1OC. The monoisotopic (exact) mass is 463 g/mol. The van der Waals surface area contributed by atoms with E-state index in [9.17, 15) is 15.3 Å². The summed E-state index contributed by atoms with van der Waals surface area (Å²) in [7, 11) is 4.79. The van der Waals surface area contributed by atoms with Crippen LogP contribution in [0.1, 0.15) is 45.6 Å². The smallest absolute Gasteiger partial charge is 0.160 e. The van der Waals surface area contributed by atoms with Crippen molar-refractivity contribution in [2.45, 2.75) is 75.9 Å². The van der Waals surface area contributed by atoms with Crippen molar-refractivity contribution in [3.63, 3.8) is 0 Å². The van der Waals surface area contributed by atoms with Crippen LogP contribution in [0.5, 0.6) is 11.5 Å². The molecule has 0 spiro atoms. The van der Waals surface area contributed by atoms with Crippen LogP contribution in [-0.4, -0.2) is 84.1 Å². The molecule has 6 atom stereocenters. The predicted octanol–water partition coefficient (Wildman–Crippen LogP) is 2.55. The number of nitrogens with zero attached hydrogens (tertiary/aromatic N) is 1. The Kier molecular flexibility index (Phi) is 8.12. The Bertz CT molecular complexity index is 836. The molecule has 1 aliphatic heterocycles. The maximum Gasteiger partial charge on any atom is 0.160 e. The molecule has 0 amide bonds. The number of fused-ring (bicyclic) bond motifs is 1. The molecule has 33 heavy (non-hydrogen) atoms. The van der Waals surface area contributed by atoms with E-state index in [2.05, 4.69) is 11.0 Å². The average molecular weight is 464 g/mol. The van der Waals surface area contributed by atoms with Gasteiger partial charge in [0, 0.05) is 32.2 Å². The molecule has 2 aliphatic rings. The molecular formula is C26H41NO6. The maximum absolute atomic E-state index is 11.9. The van der Waals surface area contributed by atoms with Crippen molar-refractivity contribution in [3.05, 3.63) is 35.4 Å². The summed E-state index contributed by atoms with van der Waals surface area (Å²) in [4.78, 5) is 2.21. The number of benzene rings is 1. The number of methoxy groups -OCH3 is 3. The number of allylic oxidation sites excluding steroid dienone is 1. The number of β-amino-alcohol motifs (C(OH)–C–C–N with tert-alkyl or cyclic N) is 1. The number of ether oxygens (including phenoxy) is 3. The normalized spacial score (nSPS) is 34.5. The number of rotatable bonds is 8. The summed E-state index contributed by atoms with van der Waals surface area (Å²) in [5.41, 5.74) is -0.115. The lowest BCUT2D eigenvalue weighted by atomic mass is 9.59. The van der Waals surface area contributed by atoms with Gasteiger partial charge in [-0.05, 0) is 64.2 Å². The lowest BCUT2D eigenvalue weighted by Gasteiger charge is -2.61. The first-order valence-electron chi connectivity index (χ1n) is 11.8. The molecule has 1 saturated heterocycles. The second kappa shape index (κ2) is 10.3. The lowest BCUT2D eigenvalue weighted by molar-refractivity contribution is -0.265. The Labute approximate surface area is 198 Å². The topological polar surface area (TPSA) is 91.6 Å². The van der Waals surface area contributed by atoms with Crippen molar-refractivity contribution in [2.75, 3.05) is 34.4 Å². The van der Waals surface area contributed by atoms with Crippen molar-refractivity contribution in [2.24, 2.45) is 5.92 Å². The number of aliphatic hydroxyl groups is 3. The molecule has 3 rings (SSSR count). The van der Waals surface area contributed by atoms with Crippen LogP contribution in [0.3, 0.4) is 0 Å². The van der Waals surface area contributed by atoms with E-state index >= 15 is 0 Å². The molecule has 7 heteroatoms. The van der Waals surface area contributed by atoms with Gasteiger partial charge in [0.05, 0.1) is 37.6 Å². The van der Waals surface area contributed by atoms with E-state index in [4.69, 9.17) is 14.2 Å². The van der Waals surface area contributed by atoms with E-state index in [1.165, 1.54) is 5.57 Å². The fourth-order valence-electron chi connectivity index (χ4n) is 5.91. The molecule has 0 bridgehead atoms. The maximum atomic E-state index is 11.9. The van der Waals surface area contributed by atoms with E-state index in [1.54, 1.807) is 28.3 Å². The minimum Gasteiger partial charge on any atom is -0.493 e. The van der Waals surface area contributed by atoms with Gasteiger partial charge in [0.25, 0.3) is 0 Å². The second-order valence-corrected chi connectivity index (χ2v) is 10.1. The highest BCUT2D eigenvalue weighted by Gasteiger charge is 2.62. The molecule has 1 saturated carbocycles. The molecule has 0 aromatic heterocycles. The molecule has 3 N–H and O–H groups in total. The fourth-order valence-corrected chi connectivity index (χ4v) is 5.91. The molecule has 0 radical (unpaired) electrons. The summed E-state index contributed by atoms with van der Waals surface area (Å²) in [6, 6.07) is 5.67. The third kappa shape index (κ3) is 5.23. The predicted molar refractivity (Wildman–Crippen MR) is 128 cm³/mol.